The zero-order chi connectivity index (χ0) is 13.2. The molecule has 1 N–H and O–H groups in total. The number of thiophene rings is 1. The van der Waals surface area contributed by atoms with Crippen LogP contribution in [0.4, 0.5) is 0 Å². The first kappa shape index (κ1) is 12.9. The summed E-state index contributed by atoms with van der Waals surface area (Å²) < 4.78 is 0. The quantitative estimate of drug-likeness (QED) is 0.869. The molecule has 1 heterocycles. The predicted octanol–water partition coefficient (Wildman–Crippen LogP) is 4.40. The van der Waals surface area contributed by atoms with Gasteiger partial charge in [0.2, 0.25) is 0 Å². The Morgan fingerprint density at radius 3 is 2.47 bits per heavy atom. The van der Waals surface area contributed by atoms with E-state index in [9.17, 15) is 0 Å². The van der Waals surface area contributed by atoms with E-state index in [1.807, 2.05) is 0 Å². The van der Waals surface area contributed by atoms with Crippen molar-refractivity contribution < 1.29 is 0 Å². The second-order valence-electron chi connectivity index (χ2n) is 5.74. The van der Waals surface area contributed by atoms with Gasteiger partial charge in [-0.15, -0.1) is 0 Å². The van der Waals surface area contributed by atoms with E-state index in [1.54, 1.807) is 11.3 Å². The minimum atomic E-state index is 0.700. The Morgan fingerprint density at radius 1 is 1.11 bits per heavy atom. The Kier molecular flexibility index (Phi) is 3.72. The summed E-state index contributed by atoms with van der Waals surface area (Å²) in [6, 6.07) is 9.74. The molecule has 1 saturated carbocycles. The van der Waals surface area contributed by atoms with Gasteiger partial charge in [-0.1, -0.05) is 29.8 Å². The van der Waals surface area contributed by atoms with Gasteiger partial charge in [-0.2, -0.15) is 11.3 Å². The highest BCUT2D eigenvalue weighted by atomic mass is 32.1. The molecule has 0 amide bonds. The fourth-order valence-electron chi connectivity index (χ4n) is 2.72. The van der Waals surface area contributed by atoms with Gasteiger partial charge in [0.05, 0.1) is 0 Å². The molecule has 0 bridgehead atoms. The molecule has 0 radical (unpaired) electrons. The summed E-state index contributed by atoms with van der Waals surface area (Å²) in [5.74, 6) is 0.765. The van der Waals surface area contributed by atoms with Gasteiger partial charge in [-0.3, -0.25) is 0 Å². The van der Waals surface area contributed by atoms with Crippen molar-refractivity contribution in [2.45, 2.75) is 45.2 Å². The molecule has 1 aliphatic rings. The third-order valence-electron chi connectivity index (χ3n) is 4.23. The molecule has 1 fully saturated rings. The molecular weight excluding hydrogens is 250 g/mol. The van der Waals surface area contributed by atoms with Crippen molar-refractivity contribution in [2.75, 3.05) is 0 Å². The van der Waals surface area contributed by atoms with Gasteiger partial charge in [0, 0.05) is 12.6 Å². The van der Waals surface area contributed by atoms with Crippen LogP contribution in [0, 0.1) is 13.8 Å². The van der Waals surface area contributed by atoms with Crippen LogP contribution in [0.3, 0.4) is 0 Å². The summed E-state index contributed by atoms with van der Waals surface area (Å²) in [5, 5.41) is 8.17. The van der Waals surface area contributed by atoms with Gasteiger partial charge < -0.3 is 5.32 Å². The lowest BCUT2D eigenvalue weighted by Gasteiger charge is -2.36. The van der Waals surface area contributed by atoms with E-state index in [2.05, 4.69) is 54.2 Å². The van der Waals surface area contributed by atoms with Crippen molar-refractivity contribution in [1.82, 2.24) is 5.32 Å². The fraction of sp³-hybridized carbons (Fsp3) is 0.412. The molecule has 0 spiro atoms. The first-order valence-electron chi connectivity index (χ1n) is 7.04. The van der Waals surface area contributed by atoms with E-state index in [-0.39, 0.29) is 0 Å². The van der Waals surface area contributed by atoms with Gasteiger partial charge in [-0.25, -0.2) is 0 Å². The smallest absolute Gasteiger partial charge is 0.0218 e. The summed E-state index contributed by atoms with van der Waals surface area (Å²) >= 11 is 1.80. The van der Waals surface area contributed by atoms with Crippen molar-refractivity contribution in [3.63, 3.8) is 0 Å². The lowest BCUT2D eigenvalue weighted by molar-refractivity contribution is 0.289. The molecule has 3 rings (SSSR count). The zero-order valence-corrected chi connectivity index (χ0v) is 12.5. The summed E-state index contributed by atoms with van der Waals surface area (Å²) in [7, 11) is 0. The molecule has 1 aromatic carbocycles. The Hall–Kier alpha value is -1.12. The van der Waals surface area contributed by atoms with Crippen LogP contribution in [0.15, 0.2) is 35.0 Å². The number of nitrogens with one attached hydrogen (secondary N) is 1. The van der Waals surface area contributed by atoms with Crippen molar-refractivity contribution >= 4 is 11.3 Å². The molecule has 0 aliphatic heterocycles. The highest BCUT2D eigenvalue weighted by Gasteiger charge is 2.29. The van der Waals surface area contributed by atoms with Crippen molar-refractivity contribution in [1.29, 1.82) is 0 Å². The molecule has 2 aromatic rings. The Bertz CT molecular complexity index is 535. The van der Waals surface area contributed by atoms with E-state index in [4.69, 9.17) is 0 Å². The lowest BCUT2D eigenvalue weighted by Crippen LogP contribution is -2.39. The van der Waals surface area contributed by atoms with Gasteiger partial charge in [0.25, 0.3) is 0 Å². The molecule has 1 nitrogen and oxygen atoms in total. The number of benzene rings is 1. The Labute approximate surface area is 119 Å². The number of aryl methyl sites for hydroxylation is 2. The van der Waals surface area contributed by atoms with Crippen LogP contribution in [0.2, 0.25) is 0 Å². The molecule has 1 aliphatic carbocycles. The van der Waals surface area contributed by atoms with Crippen LogP contribution in [0.1, 0.15) is 41.0 Å². The van der Waals surface area contributed by atoms with E-state index in [0.717, 1.165) is 12.5 Å². The standard InChI is InChI=1S/C17H21NS/c1-12-3-5-14(6-4-12)15-7-17(8-15)18-9-16-11-19-10-13(16)2/h3-6,10-11,15,17-18H,7-9H2,1-2H3. The summed E-state index contributed by atoms with van der Waals surface area (Å²) in [6.07, 6.45) is 2.57. The van der Waals surface area contributed by atoms with E-state index in [1.165, 1.54) is 35.1 Å². The predicted molar refractivity (Wildman–Crippen MR) is 82.8 cm³/mol. The summed E-state index contributed by atoms with van der Waals surface area (Å²) in [6.45, 7) is 5.38. The third kappa shape index (κ3) is 2.90. The Balaban J connectivity index is 1.48. The van der Waals surface area contributed by atoms with Crippen LogP contribution in [0.5, 0.6) is 0 Å². The first-order chi connectivity index (χ1) is 9.22. The SMILES string of the molecule is Cc1ccc(C2CC(NCc3cscc3C)C2)cc1. The number of rotatable bonds is 4. The molecule has 100 valence electrons. The van der Waals surface area contributed by atoms with Crippen LogP contribution in [-0.4, -0.2) is 6.04 Å². The van der Waals surface area contributed by atoms with Gasteiger partial charge >= 0.3 is 0 Å². The summed E-state index contributed by atoms with van der Waals surface area (Å²) in [5.41, 5.74) is 5.75. The van der Waals surface area contributed by atoms with Crippen LogP contribution < -0.4 is 5.32 Å². The third-order valence-corrected chi connectivity index (χ3v) is 5.14. The average molecular weight is 271 g/mol. The maximum absolute atomic E-state index is 3.68. The van der Waals surface area contributed by atoms with Gasteiger partial charge in [0.15, 0.2) is 0 Å². The highest BCUT2D eigenvalue weighted by molar-refractivity contribution is 7.08. The van der Waals surface area contributed by atoms with E-state index in [0.29, 0.717) is 6.04 Å². The van der Waals surface area contributed by atoms with E-state index < -0.39 is 0 Å². The minimum Gasteiger partial charge on any atom is -0.310 e. The molecule has 1 aromatic heterocycles. The second-order valence-corrected chi connectivity index (χ2v) is 6.48. The van der Waals surface area contributed by atoms with Crippen LogP contribution in [0.25, 0.3) is 0 Å². The van der Waals surface area contributed by atoms with Crippen molar-refractivity contribution in [3.8, 4) is 0 Å². The average Bonchev–Trinajstić information content (AvgIpc) is 2.75. The normalized spacial score (nSPS) is 22.2. The molecular formula is C17H21NS. The zero-order valence-electron chi connectivity index (χ0n) is 11.6. The molecule has 19 heavy (non-hydrogen) atoms. The maximum Gasteiger partial charge on any atom is 0.0218 e. The van der Waals surface area contributed by atoms with Crippen molar-refractivity contribution in [2.24, 2.45) is 0 Å². The summed E-state index contributed by atoms with van der Waals surface area (Å²) in [4.78, 5) is 0. The van der Waals surface area contributed by atoms with Gasteiger partial charge in [-0.05, 0) is 60.1 Å². The largest absolute Gasteiger partial charge is 0.310 e. The van der Waals surface area contributed by atoms with Crippen molar-refractivity contribution in [3.05, 3.63) is 57.3 Å². The molecule has 0 unspecified atom stereocenters. The maximum atomic E-state index is 3.68. The first-order valence-corrected chi connectivity index (χ1v) is 7.98. The molecule has 0 saturated heterocycles. The second kappa shape index (κ2) is 5.48. The van der Waals surface area contributed by atoms with E-state index >= 15 is 0 Å². The van der Waals surface area contributed by atoms with Crippen LogP contribution >= 0.6 is 11.3 Å². The lowest BCUT2D eigenvalue weighted by atomic mass is 9.75. The number of hydrogen-bond donors (Lipinski definition) is 1. The van der Waals surface area contributed by atoms with Crippen LogP contribution in [-0.2, 0) is 6.54 Å². The molecule has 0 atom stereocenters. The minimum absolute atomic E-state index is 0.700. The molecule has 2 heteroatoms. The highest BCUT2D eigenvalue weighted by Crippen LogP contribution is 2.37. The van der Waals surface area contributed by atoms with Gasteiger partial charge in [0.1, 0.15) is 0 Å². The monoisotopic (exact) mass is 271 g/mol. The number of hydrogen-bond acceptors (Lipinski definition) is 2. The topological polar surface area (TPSA) is 12.0 Å². The Morgan fingerprint density at radius 2 is 1.84 bits per heavy atom. The fourth-order valence-corrected chi connectivity index (χ4v) is 3.57.